The highest BCUT2D eigenvalue weighted by atomic mass is 32.2. The van der Waals surface area contributed by atoms with E-state index < -0.39 is 5.97 Å². The quantitative estimate of drug-likeness (QED) is 0.792. The molecule has 0 atom stereocenters. The Morgan fingerprint density at radius 2 is 2.25 bits per heavy atom. The van der Waals surface area contributed by atoms with Crippen LogP contribution in [0.15, 0.2) is 22.6 Å². The molecule has 0 bridgehead atoms. The van der Waals surface area contributed by atoms with Crippen molar-refractivity contribution in [1.82, 2.24) is 0 Å². The number of aliphatic carboxylic acids is 1. The van der Waals surface area contributed by atoms with Crippen molar-refractivity contribution in [2.75, 3.05) is 18.6 Å². The molecule has 108 valence electrons. The number of carboxylic acid groups (broad SMARTS) is 1. The fraction of sp³-hybridized carbons (Fsp3) is 0.400. The van der Waals surface area contributed by atoms with Crippen LogP contribution in [0.4, 0.5) is 0 Å². The molecule has 1 aromatic carbocycles. The molecule has 0 fully saturated rings. The summed E-state index contributed by atoms with van der Waals surface area (Å²) in [5, 5.41) is 9.71. The van der Waals surface area contributed by atoms with E-state index in [1.807, 2.05) is 30.8 Å². The van der Waals surface area contributed by atoms with E-state index in [4.69, 9.17) is 14.3 Å². The van der Waals surface area contributed by atoms with Gasteiger partial charge in [-0.3, -0.25) is 0 Å². The van der Waals surface area contributed by atoms with E-state index >= 15 is 0 Å². The molecule has 20 heavy (non-hydrogen) atoms. The van der Waals surface area contributed by atoms with Crippen molar-refractivity contribution in [1.29, 1.82) is 0 Å². The summed E-state index contributed by atoms with van der Waals surface area (Å²) in [5.41, 5.74) is 1.83. The monoisotopic (exact) mass is 294 g/mol. The van der Waals surface area contributed by atoms with Crippen molar-refractivity contribution in [3.8, 4) is 5.75 Å². The minimum atomic E-state index is -0.995. The largest absolute Gasteiger partial charge is 0.479 e. The Morgan fingerprint density at radius 3 is 2.95 bits per heavy atom. The summed E-state index contributed by atoms with van der Waals surface area (Å²) in [6.07, 6.45) is 4.15. The van der Waals surface area contributed by atoms with Crippen LogP contribution < -0.4 is 4.74 Å². The van der Waals surface area contributed by atoms with Gasteiger partial charge in [0.15, 0.2) is 17.9 Å². The van der Waals surface area contributed by atoms with E-state index in [-0.39, 0.29) is 6.61 Å². The topological polar surface area (TPSA) is 59.7 Å². The number of para-hydroxylation sites is 1. The zero-order valence-electron chi connectivity index (χ0n) is 11.6. The van der Waals surface area contributed by atoms with Crippen LogP contribution >= 0.6 is 11.8 Å². The molecule has 0 amide bonds. The van der Waals surface area contributed by atoms with Crippen LogP contribution in [-0.2, 0) is 11.2 Å². The lowest BCUT2D eigenvalue weighted by Gasteiger charge is -2.03. The van der Waals surface area contributed by atoms with Gasteiger partial charge in [0.1, 0.15) is 5.76 Å². The summed E-state index contributed by atoms with van der Waals surface area (Å²) >= 11 is 1.83. The predicted octanol–water partition coefficient (Wildman–Crippen LogP) is 3.50. The highest BCUT2D eigenvalue weighted by molar-refractivity contribution is 7.98. The minimum absolute atomic E-state index is 0.360. The summed E-state index contributed by atoms with van der Waals surface area (Å²) in [4.78, 5) is 10.6. The first kappa shape index (κ1) is 14.8. The summed E-state index contributed by atoms with van der Waals surface area (Å²) < 4.78 is 11.0. The number of fused-ring (bicyclic) bond motifs is 1. The standard InChI is InChI=1S/C15H18O4S/c1-10-11(6-4-8-20-2)12-5-3-7-13(15(12)19-10)18-9-14(16)17/h3,5,7H,4,6,8-9H2,1-2H3,(H,16,17). The Bertz CT molecular complexity index is 603. The summed E-state index contributed by atoms with van der Waals surface area (Å²) in [6.45, 7) is 1.58. The fourth-order valence-electron chi connectivity index (χ4n) is 2.22. The Labute approximate surface area is 122 Å². The normalized spacial score (nSPS) is 10.9. The first-order valence-electron chi connectivity index (χ1n) is 6.48. The minimum Gasteiger partial charge on any atom is -0.479 e. The van der Waals surface area contributed by atoms with Crippen LogP contribution in [0.2, 0.25) is 0 Å². The molecule has 0 aliphatic carbocycles. The molecular formula is C15H18O4S. The van der Waals surface area contributed by atoms with Gasteiger partial charge < -0.3 is 14.3 Å². The summed E-state index contributed by atoms with van der Waals surface area (Å²) in [7, 11) is 0. The van der Waals surface area contributed by atoms with E-state index in [9.17, 15) is 4.79 Å². The number of thioether (sulfide) groups is 1. The van der Waals surface area contributed by atoms with Gasteiger partial charge in [-0.1, -0.05) is 12.1 Å². The van der Waals surface area contributed by atoms with Gasteiger partial charge in [-0.05, 0) is 37.8 Å². The maximum Gasteiger partial charge on any atom is 0.341 e. The predicted molar refractivity (Wildman–Crippen MR) is 80.8 cm³/mol. The second-order valence-electron chi connectivity index (χ2n) is 4.55. The zero-order valence-corrected chi connectivity index (χ0v) is 12.5. The van der Waals surface area contributed by atoms with Crippen LogP contribution in [0.3, 0.4) is 0 Å². The molecular weight excluding hydrogens is 276 g/mol. The highest BCUT2D eigenvalue weighted by Crippen LogP contribution is 2.33. The molecule has 5 heteroatoms. The number of hydrogen-bond donors (Lipinski definition) is 1. The number of furan rings is 1. The van der Waals surface area contributed by atoms with Crippen LogP contribution in [0.25, 0.3) is 11.0 Å². The third-order valence-electron chi connectivity index (χ3n) is 3.11. The molecule has 2 rings (SSSR count). The first-order valence-corrected chi connectivity index (χ1v) is 7.87. The molecule has 0 aliphatic rings. The Kier molecular flexibility index (Phi) is 4.95. The first-order chi connectivity index (χ1) is 9.63. The number of carbonyl (C=O) groups is 1. The highest BCUT2D eigenvalue weighted by Gasteiger charge is 2.14. The van der Waals surface area contributed by atoms with E-state index in [0.717, 1.165) is 29.7 Å². The number of aryl methyl sites for hydroxylation is 2. The van der Waals surface area contributed by atoms with Gasteiger partial charge in [0.25, 0.3) is 0 Å². The number of hydrogen-bond acceptors (Lipinski definition) is 4. The maximum atomic E-state index is 10.6. The van der Waals surface area contributed by atoms with Gasteiger partial charge in [0.05, 0.1) is 0 Å². The van der Waals surface area contributed by atoms with Crippen LogP contribution in [-0.4, -0.2) is 29.7 Å². The molecule has 0 spiro atoms. The Balaban J connectivity index is 2.29. The van der Waals surface area contributed by atoms with Gasteiger partial charge in [0, 0.05) is 10.9 Å². The molecule has 0 radical (unpaired) electrons. The Hall–Kier alpha value is -1.62. The zero-order chi connectivity index (χ0) is 14.5. The third-order valence-corrected chi connectivity index (χ3v) is 3.81. The number of carboxylic acids is 1. The van der Waals surface area contributed by atoms with Gasteiger partial charge in [0.2, 0.25) is 0 Å². The van der Waals surface area contributed by atoms with E-state index in [1.54, 1.807) is 6.07 Å². The summed E-state index contributed by atoms with van der Waals surface area (Å²) in [5.74, 6) is 1.49. The second kappa shape index (κ2) is 6.70. The van der Waals surface area contributed by atoms with Crippen molar-refractivity contribution in [3.05, 3.63) is 29.5 Å². The molecule has 1 aromatic heterocycles. The van der Waals surface area contributed by atoms with Crippen LogP contribution in [0.5, 0.6) is 5.75 Å². The number of benzene rings is 1. The van der Waals surface area contributed by atoms with E-state index in [2.05, 4.69) is 6.26 Å². The lowest BCUT2D eigenvalue weighted by molar-refractivity contribution is -0.139. The average Bonchev–Trinajstić information content (AvgIpc) is 2.73. The second-order valence-corrected chi connectivity index (χ2v) is 5.53. The SMILES string of the molecule is CSCCCc1c(C)oc2c(OCC(=O)O)cccc12. The van der Waals surface area contributed by atoms with Gasteiger partial charge in [-0.2, -0.15) is 11.8 Å². The molecule has 0 saturated heterocycles. The molecule has 0 saturated carbocycles. The lowest BCUT2D eigenvalue weighted by atomic mass is 10.1. The molecule has 0 aliphatic heterocycles. The Morgan fingerprint density at radius 1 is 1.45 bits per heavy atom. The van der Waals surface area contributed by atoms with Crippen LogP contribution in [0, 0.1) is 6.92 Å². The maximum absolute atomic E-state index is 10.6. The van der Waals surface area contributed by atoms with Gasteiger partial charge in [-0.25, -0.2) is 4.79 Å². The van der Waals surface area contributed by atoms with Crippen molar-refractivity contribution >= 4 is 28.7 Å². The number of rotatable bonds is 7. The molecule has 0 unspecified atom stereocenters. The van der Waals surface area contributed by atoms with Crippen molar-refractivity contribution in [2.24, 2.45) is 0 Å². The fourth-order valence-corrected chi connectivity index (χ4v) is 2.65. The molecule has 1 N–H and O–H groups in total. The van der Waals surface area contributed by atoms with Crippen molar-refractivity contribution < 1.29 is 19.1 Å². The number of ether oxygens (including phenoxy) is 1. The third kappa shape index (κ3) is 3.28. The van der Waals surface area contributed by atoms with E-state index in [0.29, 0.717) is 11.3 Å². The van der Waals surface area contributed by atoms with Crippen molar-refractivity contribution in [2.45, 2.75) is 19.8 Å². The van der Waals surface area contributed by atoms with E-state index in [1.165, 1.54) is 5.56 Å². The summed E-state index contributed by atoms with van der Waals surface area (Å²) in [6, 6.07) is 5.60. The van der Waals surface area contributed by atoms with Gasteiger partial charge in [-0.15, -0.1) is 0 Å². The average molecular weight is 294 g/mol. The van der Waals surface area contributed by atoms with Gasteiger partial charge >= 0.3 is 5.97 Å². The lowest BCUT2D eigenvalue weighted by Crippen LogP contribution is -2.09. The van der Waals surface area contributed by atoms with Crippen LogP contribution in [0.1, 0.15) is 17.7 Å². The molecule has 4 nitrogen and oxygen atoms in total. The van der Waals surface area contributed by atoms with Crippen molar-refractivity contribution in [3.63, 3.8) is 0 Å². The molecule has 1 heterocycles. The molecule has 2 aromatic rings. The smallest absolute Gasteiger partial charge is 0.341 e.